The summed E-state index contributed by atoms with van der Waals surface area (Å²) in [5, 5.41) is 7.43. The number of anilines is 2. The third-order valence-electron chi connectivity index (χ3n) is 7.02. The Morgan fingerprint density at radius 2 is 1.87 bits per heavy atom. The summed E-state index contributed by atoms with van der Waals surface area (Å²) in [4.78, 5) is 23.7. The summed E-state index contributed by atoms with van der Waals surface area (Å²) < 4.78 is 2.17. The predicted molar refractivity (Wildman–Crippen MR) is 161 cm³/mol. The number of nitrogens with one attached hydrogen (secondary N) is 2. The first-order chi connectivity index (χ1) is 18.7. The van der Waals surface area contributed by atoms with Crippen LogP contribution in [0.15, 0.2) is 67.0 Å². The van der Waals surface area contributed by atoms with Crippen LogP contribution in [-0.4, -0.2) is 25.6 Å². The number of hydrogen-bond donors (Lipinski definition) is 2. The molecule has 0 spiro atoms. The van der Waals surface area contributed by atoms with Gasteiger partial charge in [0.2, 0.25) is 5.91 Å². The van der Waals surface area contributed by atoms with Crippen LogP contribution in [0.3, 0.4) is 0 Å². The quantitative estimate of drug-likeness (QED) is 0.259. The average Bonchev–Trinajstić information content (AvgIpc) is 3.41. The Balaban J connectivity index is 1.61. The molecule has 3 aromatic heterocycles. The number of pyridine rings is 2. The number of rotatable bonds is 6. The molecular formula is C30H31ClN6OS. The Kier molecular flexibility index (Phi) is 7.42. The van der Waals surface area contributed by atoms with E-state index < -0.39 is 0 Å². The van der Waals surface area contributed by atoms with E-state index in [9.17, 15) is 4.79 Å². The Morgan fingerprint density at radius 3 is 2.51 bits per heavy atom. The number of thiocarbonyl (C=S) groups is 1. The zero-order chi connectivity index (χ0) is 27.8. The molecule has 1 aliphatic heterocycles. The number of amides is 1. The lowest BCUT2D eigenvalue weighted by Crippen LogP contribution is -2.29. The summed E-state index contributed by atoms with van der Waals surface area (Å²) in [6.45, 7) is 9.91. The molecule has 5 rings (SSSR count). The van der Waals surface area contributed by atoms with E-state index in [1.165, 1.54) is 0 Å². The summed E-state index contributed by atoms with van der Waals surface area (Å²) in [6, 6.07) is 17.4. The van der Waals surface area contributed by atoms with E-state index in [1.807, 2.05) is 69.4 Å². The Morgan fingerprint density at radius 1 is 1.08 bits per heavy atom. The number of nitrogens with zero attached hydrogens (tertiary/aromatic N) is 4. The summed E-state index contributed by atoms with van der Waals surface area (Å²) in [5.74, 6) is 0.621. The van der Waals surface area contributed by atoms with Gasteiger partial charge < -0.3 is 20.1 Å². The molecule has 1 saturated heterocycles. The molecule has 39 heavy (non-hydrogen) atoms. The molecular weight excluding hydrogens is 528 g/mol. The molecule has 200 valence electrons. The molecule has 2 atom stereocenters. The summed E-state index contributed by atoms with van der Waals surface area (Å²) >= 11 is 12.6. The van der Waals surface area contributed by atoms with Crippen LogP contribution in [-0.2, 0) is 4.79 Å². The smallest absolute Gasteiger partial charge is 0.226 e. The number of aromatic nitrogens is 3. The van der Waals surface area contributed by atoms with Crippen molar-refractivity contribution in [3.05, 3.63) is 100 Å². The maximum absolute atomic E-state index is 12.3. The highest BCUT2D eigenvalue weighted by Gasteiger charge is 2.42. The van der Waals surface area contributed by atoms with Gasteiger partial charge in [0, 0.05) is 35.4 Å². The second kappa shape index (κ2) is 10.8. The van der Waals surface area contributed by atoms with E-state index in [1.54, 1.807) is 6.20 Å². The maximum atomic E-state index is 12.3. The molecule has 9 heteroatoms. The van der Waals surface area contributed by atoms with Crippen molar-refractivity contribution in [1.82, 2.24) is 19.9 Å². The maximum Gasteiger partial charge on any atom is 0.226 e. The van der Waals surface area contributed by atoms with E-state index in [4.69, 9.17) is 23.8 Å². The molecule has 1 aromatic carbocycles. The third kappa shape index (κ3) is 5.14. The molecule has 0 aliphatic carbocycles. The fraction of sp³-hybridized carbons (Fsp3) is 0.267. The summed E-state index contributed by atoms with van der Waals surface area (Å²) in [6.07, 6.45) is 3.67. The van der Waals surface area contributed by atoms with Gasteiger partial charge in [-0.3, -0.25) is 9.78 Å². The minimum atomic E-state index is -0.204. The molecule has 1 fully saturated rings. The first-order valence-electron chi connectivity index (χ1n) is 12.9. The molecule has 1 amide bonds. The van der Waals surface area contributed by atoms with E-state index in [0.717, 1.165) is 39.7 Å². The summed E-state index contributed by atoms with van der Waals surface area (Å²) in [7, 11) is 0. The van der Waals surface area contributed by atoms with Gasteiger partial charge in [-0.05, 0) is 86.6 Å². The lowest BCUT2D eigenvalue weighted by atomic mass is 9.96. The monoisotopic (exact) mass is 558 g/mol. The van der Waals surface area contributed by atoms with Crippen molar-refractivity contribution in [1.29, 1.82) is 0 Å². The van der Waals surface area contributed by atoms with Crippen LogP contribution in [0, 0.1) is 26.7 Å². The lowest BCUT2D eigenvalue weighted by molar-refractivity contribution is -0.118. The van der Waals surface area contributed by atoms with Gasteiger partial charge in [-0.2, -0.15) is 0 Å². The number of hydrogen-bond acceptors (Lipinski definition) is 4. The molecule has 0 unspecified atom stereocenters. The van der Waals surface area contributed by atoms with Crippen molar-refractivity contribution < 1.29 is 4.79 Å². The number of halogens is 1. The van der Waals surface area contributed by atoms with Crippen molar-refractivity contribution in [3.8, 4) is 5.82 Å². The second-order valence-corrected chi connectivity index (χ2v) is 11.0. The number of carbonyl (C=O) groups excluding carboxylic acids is 1. The van der Waals surface area contributed by atoms with Crippen LogP contribution in [0.4, 0.5) is 11.4 Å². The first-order valence-corrected chi connectivity index (χ1v) is 13.7. The minimum Gasteiger partial charge on any atom is -0.351 e. The molecule has 0 bridgehead atoms. The van der Waals surface area contributed by atoms with E-state index >= 15 is 0 Å². The number of carbonyl (C=O) groups is 1. The van der Waals surface area contributed by atoms with Gasteiger partial charge in [0.05, 0.1) is 28.5 Å². The van der Waals surface area contributed by atoms with Crippen LogP contribution in [0.2, 0.25) is 5.02 Å². The first kappa shape index (κ1) is 26.8. The second-order valence-electron chi connectivity index (χ2n) is 10.2. The molecule has 2 N–H and O–H groups in total. The summed E-state index contributed by atoms with van der Waals surface area (Å²) in [5.41, 5.74) is 6.63. The zero-order valence-corrected chi connectivity index (χ0v) is 24.1. The number of benzene rings is 1. The van der Waals surface area contributed by atoms with Crippen molar-refractivity contribution in [3.63, 3.8) is 0 Å². The van der Waals surface area contributed by atoms with Crippen LogP contribution >= 0.6 is 23.8 Å². The number of aryl methyl sites for hydroxylation is 2. The largest absolute Gasteiger partial charge is 0.351 e. The Labute approximate surface area is 239 Å². The van der Waals surface area contributed by atoms with Gasteiger partial charge in [-0.1, -0.05) is 37.6 Å². The van der Waals surface area contributed by atoms with Gasteiger partial charge in [-0.25, -0.2) is 4.98 Å². The van der Waals surface area contributed by atoms with Crippen molar-refractivity contribution in [2.24, 2.45) is 5.92 Å². The van der Waals surface area contributed by atoms with Gasteiger partial charge >= 0.3 is 0 Å². The molecule has 1 aliphatic rings. The minimum absolute atomic E-state index is 0.0896. The fourth-order valence-electron chi connectivity index (χ4n) is 5.01. The highest BCUT2D eigenvalue weighted by molar-refractivity contribution is 7.80. The molecule has 0 saturated carbocycles. The van der Waals surface area contributed by atoms with Crippen LogP contribution in [0.25, 0.3) is 5.82 Å². The van der Waals surface area contributed by atoms with Crippen LogP contribution < -0.4 is 15.5 Å². The van der Waals surface area contributed by atoms with E-state index in [2.05, 4.69) is 56.0 Å². The average molecular weight is 559 g/mol. The van der Waals surface area contributed by atoms with Crippen LogP contribution in [0.5, 0.6) is 0 Å². The van der Waals surface area contributed by atoms with Gasteiger partial charge in [0.1, 0.15) is 5.82 Å². The normalized spacial score (nSPS) is 17.0. The third-order valence-corrected chi connectivity index (χ3v) is 7.65. The predicted octanol–water partition coefficient (Wildman–Crippen LogP) is 6.62. The van der Waals surface area contributed by atoms with Crippen molar-refractivity contribution >= 4 is 46.2 Å². The van der Waals surface area contributed by atoms with Crippen molar-refractivity contribution in [2.45, 2.75) is 46.7 Å². The van der Waals surface area contributed by atoms with E-state index in [-0.39, 0.29) is 23.9 Å². The molecule has 4 aromatic rings. The molecule has 4 heterocycles. The highest BCUT2D eigenvalue weighted by Crippen LogP contribution is 2.44. The lowest BCUT2D eigenvalue weighted by Gasteiger charge is -2.28. The standard InChI is InChI=1S/C30H31ClN6OS/c1-17(2)29(38)34-24-11-10-21(15-23(24)31)37-28(27(35-30(37)39)25-8-6-7-13-32-25)22-14-19(4)36(20(22)5)26-12-9-18(3)16-33-26/h6-17,27-28H,1-5H3,(H,34,38)(H,35,39)/t27-,28+/m0/s1. The van der Waals surface area contributed by atoms with Gasteiger partial charge in [0.15, 0.2) is 5.11 Å². The van der Waals surface area contributed by atoms with Crippen LogP contribution in [0.1, 0.15) is 54.1 Å². The Hall–Kier alpha value is -3.75. The molecule has 7 nitrogen and oxygen atoms in total. The Bertz CT molecular complexity index is 1530. The van der Waals surface area contributed by atoms with Crippen molar-refractivity contribution in [2.75, 3.05) is 10.2 Å². The topological polar surface area (TPSA) is 75.1 Å². The molecule has 0 radical (unpaired) electrons. The SMILES string of the molecule is Cc1ccc(-n2c(C)cc([C@@H]3[C@H](c4ccccn4)NC(=S)N3c3ccc(NC(=O)C(C)C)c(Cl)c3)c2C)nc1. The van der Waals surface area contributed by atoms with Gasteiger partial charge in [-0.15, -0.1) is 0 Å². The van der Waals surface area contributed by atoms with Gasteiger partial charge in [0.25, 0.3) is 0 Å². The zero-order valence-electron chi connectivity index (χ0n) is 22.6. The highest BCUT2D eigenvalue weighted by atomic mass is 35.5. The fourth-order valence-corrected chi connectivity index (χ4v) is 5.58. The van der Waals surface area contributed by atoms with E-state index in [0.29, 0.717) is 15.8 Å².